The fourth-order valence-corrected chi connectivity index (χ4v) is 2.09. The molecule has 11 heavy (non-hydrogen) atoms. The lowest BCUT2D eigenvalue weighted by molar-refractivity contribution is -0.144. The molecule has 0 spiro atoms. The van der Waals surface area contributed by atoms with Crippen molar-refractivity contribution in [2.24, 2.45) is 5.73 Å². The molecule has 2 bridgehead atoms. The molecule has 0 radical (unpaired) electrons. The first-order valence-corrected chi connectivity index (χ1v) is 4.09. The number of hydrogen-bond donors (Lipinski definition) is 2. The van der Waals surface area contributed by atoms with Crippen molar-refractivity contribution < 1.29 is 9.90 Å². The van der Waals surface area contributed by atoms with Crippen LogP contribution in [-0.4, -0.2) is 22.0 Å². The van der Waals surface area contributed by atoms with Crippen LogP contribution in [0.5, 0.6) is 0 Å². The Morgan fingerprint density at radius 1 is 1.27 bits per heavy atom. The normalized spacial score (nSPS) is 49.8. The maximum Gasteiger partial charge on any atom is 0.155 e. The van der Waals surface area contributed by atoms with Crippen LogP contribution in [0.4, 0.5) is 0 Å². The Hall–Kier alpha value is -0.410. The van der Waals surface area contributed by atoms with Crippen LogP contribution in [0.3, 0.4) is 0 Å². The maximum absolute atomic E-state index is 11.3. The molecule has 0 heterocycles. The summed E-state index contributed by atoms with van der Waals surface area (Å²) in [5, 5.41) is 9.73. The molecule has 0 aliphatic heterocycles. The van der Waals surface area contributed by atoms with E-state index in [9.17, 15) is 9.90 Å². The molecule has 3 heteroatoms. The number of Topliss-reactive ketones (excluding diaryl/α,β-unsaturated/α-hetero) is 1. The summed E-state index contributed by atoms with van der Waals surface area (Å²) in [4.78, 5) is 11.3. The van der Waals surface area contributed by atoms with Gasteiger partial charge in [0.15, 0.2) is 5.78 Å². The van der Waals surface area contributed by atoms with Gasteiger partial charge < -0.3 is 10.8 Å². The molecule has 3 N–H and O–H groups in total. The van der Waals surface area contributed by atoms with Crippen molar-refractivity contribution in [3.63, 3.8) is 0 Å². The van der Waals surface area contributed by atoms with Crippen molar-refractivity contribution in [2.75, 3.05) is 0 Å². The predicted molar refractivity (Wildman–Crippen MR) is 40.0 cm³/mol. The van der Waals surface area contributed by atoms with E-state index in [1.807, 2.05) is 0 Å². The third-order valence-electron chi connectivity index (χ3n) is 3.12. The summed E-state index contributed by atoms with van der Waals surface area (Å²) in [6.07, 6.45) is 3.03. The fraction of sp³-hybridized carbons (Fsp3) is 0.875. The predicted octanol–water partition coefficient (Wildman–Crippen LogP) is -0.0382. The monoisotopic (exact) mass is 155 g/mol. The highest BCUT2D eigenvalue weighted by molar-refractivity contribution is 5.90. The summed E-state index contributed by atoms with van der Waals surface area (Å²) in [6, 6.07) is 0. The number of ketones is 1. The first-order chi connectivity index (χ1) is 5.04. The number of nitrogens with two attached hydrogens (primary N) is 1. The molecule has 3 nitrogen and oxygen atoms in total. The van der Waals surface area contributed by atoms with Gasteiger partial charge in [-0.05, 0) is 25.7 Å². The van der Waals surface area contributed by atoms with Crippen LogP contribution in [0, 0.1) is 0 Å². The summed E-state index contributed by atoms with van der Waals surface area (Å²) in [5.74, 6) is 0.0532. The van der Waals surface area contributed by atoms with E-state index in [-0.39, 0.29) is 12.2 Å². The molecule has 0 aromatic carbocycles. The van der Waals surface area contributed by atoms with Crippen LogP contribution in [0.1, 0.15) is 32.1 Å². The van der Waals surface area contributed by atoms with Gasteiger partial charge in [0.1, 0.15) is 0 Å². The smallest absolute Gasteiger partial charge is 0.155 e. The minimum atomic E-state index is -0.696. The van der Waals surface area contributed by atoms with E-state index in [0.29, 0.717) is 25.7 Å². The van der Waals surface area contributed by atoms with E-state index in [0.717, 1.165) is 0 Å². The van der Waals surface area contributed by atoms with Gasteiger partial charge in [-0.3, -0.25) is 4.79 Å². The third kappa shape index (κ3) is 0.914. The van der Waals surface area contributed by atoms with Crippen LogP contribution in [-0.2, 0) is 4.79 Å². The summed E-state index contributed by atoms with van der Waals surface area (Å²) in [5.41, 5.74) is 4.56. The number of carbonyl (C=O) groups is 1. The van der Waals surface area contributed by atoms with Crippen molar-refractivity contribution in [1.29, 1.82) is 0 Å². The van der Waals surface area contributed by atoms with E-state index in [2.05, 4.69) is 0 Å². The van der Waals surface area contributed by atoms with Crippen molar-refractivity contribution >= 4 is 5.78 Å². The first kappa shape index (κ1) is 7.25. The molecule has 3 fully saturated rings. The Morgan fingerprint density at radius 3 is 2.18 bits per heavy atom. The molecule has 0 atom stereocenters. The number of aliphatic hydroxyl groups is 1. The summed E-state index contributed by atoms with van der Waals surface area (Å²) in [7, 11) is 0. The standard InChI is InChI=1S/C8H13NO2/c9-8-3-1-7(11,2-4-8)5-6(8)10/h11H,1-5,9H2. The SMILES string of the molecule is NC12CCC(O)(CC1)CC2=O. The molecule has 3 aliphatic carbocycles. The van der Waals surface area contributed by atoms with Gasteiger partial charge in [0.05, 0.1) is 11.1 Å². The lowest BCUT2D eigenvalue weighted by atomic mass is 9.63. The second-order valence-electron chi connectivity index (χ2n) is 3.98. The number of carbonyl (C=O) groups excluding carboxylic acids is 1. The molecular weight excluding hydrogens is 142 g/mol. The molecule has 62 valence electrons. The highest BCUT2D eigenvalue weighted by atomic mass is 16.3. The average Bonchev–Trinajstić information content (AvgIpc) is 1.94. The van der Waals surface area contributed by atoms with Gasteiger partial charge in [0.2, 0.25) is 0 Å². The van der Waals surface area contributed by atoms with Gasteiger partial charge in [0.25, 0.3) is 0 Å². The van der Waals surface area contributed by atoms with Crippen LogP contribution in [0.2, 0.25) is 0 Å². The molecule has 3 aliphatic rings. The summed E-state index contributed by atoms with van der Waals surface area (Å²) >= 11 is 0. The average molecular weight is 155 g/mol. The zero-order valence-corrected chi connectivity index (χ0v) is 6.47. The maximum atomic E-state index is 11.3. The Kier molecular flexibility index (Phi) is 1.22. The van der Waals surface area contributed by atoms with Crippen LogP contribution in [0.25, 0.3) is 0 Å². The van der Waals surface area contributed by atoms with Gasteiger partial charge >= 0.3 is 0 Å². The Bertz CT molecular complexity index is 204. The molecule has 0 unspecified atom stereocenters. The minimum absolute atomic E-state index is 0.0532. The quantitative estimate of drug-likeness (QED) is 0.516. The zero-order valence-electron chi connectivity index (χ0n) is 6.47. The Balaban J connectivity index is 2.29. The van der Waals surface area contributed by atoms with E-state index >= 15 is 0 Å². The summed E-state index contributed by atoms with van der Waals surface area (Å²) in [6.45, 7) is 0. The second kappa shape index (κ2) is 1.84. The first-order valence-electron chi connectivity index (χ1n) is 4.09. The topological polar surface area (TPSA) is 63.3 Å². The van der Waals surface area contributed by atoms with E-state index in [4.69, 9.17) is 5.73 Å². The van der Waals surface area contributed by atoms with Crippen molar-refractivity contribution in [2.45, 2.75) is 43.2 Å². The minimum Gasteiger partial charge on any atom is -0.389 e. The van der Waals surface area contributed by atoms with Gasteiger partial charge in [-0.2, -0.15) is 0 Å². The highest BCUT2D eigenvalue weighted by Gasteiger charge is 2.51. The van der Waals surface area contributed by atoms with Crippen LogP contribution < -0.4 is 5.73 Å². The van der Waals surface area contributed by atoms with E-state index < -0.39 is 11.1 Å². The Labute approximate surface area is 65.6 Å². The van der Waals surface area contributed by atoms with Gasteiger partial charge in [-0.1, -0.05) is 0 Å². The molecular formula is C8H13NO2. The highest BCUT2D eigenvalue weighted by Crippen LogP contribution is 2.42. The largest absolute Gasteiger partial charge is 0.389 e. The van der Waals surface area contributed by atoms with Gasteiger partial charge in [-0.15, -0.1) is 0 Å². The molecule has 0 saturated heterocycles. The fourth-order valence-electron chi connectivity index (χ4n) is 2.09. The van der Waals surface area contributed by atoms with Crippen LogP contribution in [0.15, 0.2) is 0 Å². The molecule has 0 aromatic heterocycles. The van der Waals surface area contributed by atoms with Crippen molar-refractivity contribution in [3.05, 3.63) is 0 Å². The van der Waals surface area contributed by atoms with Gasteiger partial charge in [0, 0.05) is 6.42 Å². The number of fused-ring (bicyclic) bond motifs is 3. The van der Waals surface area contributed by atoms with Crippen molar-refractivity contribution in [1.82, 2.24) is 0 Å². The van der Waals surface area contributed by atoms with E-state index in [1.54, 1.807) is 0 Å². The zero-order chi connectivity index (χ0) is 8.11. The molecule has 0 aromatic rings. The second-order valence-corrected chi connectivity index (χ2v) is 3.98. The molecule has 3 saturated carbocycles. The molecule has 3 rings (SSSR count). The lowest BCUT2D eigenvalue weighted by Gasteiger charge is -2.47. The van der Waals surface area contributed by atoms with Crippen molar-refractivity contribution in [3.8, 4) is 0 Å². The van der Waals surface area contributed by atoms with Gasteiger partial charge in [-0.25, -0.2) is 0 Å². The lowest BCUT2D eigenvalue weighted by Crippen LogP contribution is -2.61. The number of rotatable bonds is 0. The van der Waals surface area contributed by atoms with Crippen LogP contribution >= 0.6 is 0 Å². The number of hydrogen-bond acceptors (Lipinski definition) is 3. The third-order valence-corrected chi connectivity index (χ3v) is 3.12. The molecule has 0 amide bonds. The summed E-state index contributed by atoms with van der Waals surface area (Å²) < 4.78 is 0. The van der Waals surface area contributed by atoms with E-state index in [1.165, 1.54) is 0 Å². The Morgan fingerprint density at radius 2 is 1.82 bits per heavy atom.